The first kappa shape index (κ1) is 64.1. The molecule has 1 unspecified atom stereocenters. The van der Waals surface area contributed by atoms with Gasteiger partial charge in [-0.05, 0) is 64.2 Å². The van der Waals surface area contributed by atoms with Crippen LogP contribution in [0.1, 0.15) is 290 Å². The molecular formula is C61H108O6. The van der Waals surface area contributed by atoms with Crippen LogP contribution in [0.2, 0.25) is 0 Å². The van der Waals surface area contributed by atoms with Gasteiger partial charge in [-0.25, -0.2) is 0 Å². The summed E-state index contributed by atoms with van der Waals surface area (Å²) < 4.78 is 16.7. The third kappa shape index (κ3) is 53.9. The third-order valence-electron chi connectivity index (χ3n) is 12.5. The van der Waals surface area contributed by atoms with Gasteiger partial charge in [0.1, 0.15) is 13.2 Å². The maximum atomic E-state index is 12.8. The summed E-state index contributed by atoms with van der Waals surface area (Å²) in [5, 5.41) is 0. The highest BCUT2D eigenvalue weighted by atomic mass is 16.6. The fourth-order valence-electron chi connectivity index (χ4n) is 8.24. The molecule has 0 spiro atoms. The van der Waals surface area contributed by atoms with Gasteiger partial charge in [-0.3, -0.25) is 14.4 Å². The Morgan fingerprint density at radius 2 is 0.582 bits per heavy atom. The molecule has 0 aromatic carbocycles. The second kappa shape index (κ2) is 55.7. The van der Waals surface area contributed by atoms with Crippen LogP contribution in [0.15, 0.2) is 60.8 Å². The Morgan fingerprint density at radius 3 is 0.910 bits per heavy atom. The molecule has 0 radical (unpaired) electrons. The van der Waals surface area contributed by atoms with E-state index in [1.165, 1.54) is 154 Å². The smallest absolute Gasteiger partial charge is 0.306 e. The number of ether oxygens (including phenoxy) is 3. The van der Waals surface area contributed by atoms with Crippen molar-refractivity contribution in [1.82, 2.24) is 0 Å². The molecule has 0 aliphatic rings. The van der Waals surface area contributed by atoms with Crippen LogP contribution in [0.5, 0.6) is 0 Å². The highest BCUT2D eigenvalue weighted by molar-refractivity contribution is 5.71. The topological polar surface area (TPSA) is 78.9 Å². The molecule has 388 valence electrons. The van der Waals surface area contributed by atoms with Crippen LogP contribution < -0.4 is 0 Å². The minimum Gasteiger partial charge on any atom is -0.462 e. The van der Waals surface area contributed by atoms with Gasteiger partial charge in [0.15, 0.2) is 6.10 Å². The number of hydrogen-bond donors (Lipinski definition) is 0. The number of carbonyl (C=O) groups is 3. The molecule has 0 amide bonds. The molecule has 0 bridgehead atoms. The second-order valence-electron chi connectivity index (χ2n) is 19.2. The van der Waals surface area contributed by atoms with Gasteiger partial charge >= 0.3 is 17.9 Å². The molecular weight excluding hydrogens is 829 g/mol. The lowest BCUT2D eigenvalue weighted by molar-refractivity contribution is -0.167. The van der Waals surface area contributed by atoms with Crippen molar-refractivity contribution >= 4 is 17.9 Å². The first-order valence-electron chi connectivity index (χ1n) is 28.8. The normalized spacial score (nSPS) is 12.5. The van der Waals surface area contributed by atoms with Crippen molar-refractivity contribution in [2.45, 2.75) is 297 Å². The molecule has 0 saturated heterocycles. The largest absolute Gasteiger partial charge is 0.462 e. The van der Waals surface area contributed by atoms with Gasteiger partial charge in [0, 0.05) is 19.3 Å². The molecule has 0 N–H and O–H groups in total. The molecule has 0 saturated carbocycles. The van der Waals surface area contributed by atoms with Crippen LogP contribution >= 0.6 is 0 Å². The SMILES string of the molecule is CC/C=C\C/C=C\C/C=C\C/C=C\C/C=C\CCCCCCCCCCCCCC(=O)OCC(COC(=O)CCCCCCC)OC(=O)CCCCCCCCCCCCCCCCCCC. The number of carbonyl (C=O) groups excluding carboxylic acids is 3. The summed E-state index contributed by atoms with van der Waals surface area (Å²) in [5.41, 5.74) is 0. The van der Waals surface area contributed by atoms with Crippen molar-refractivity contribution in [3.8, 4) is 0 Å². The molecule has 0 rings (SSSR count). The van der Waals surface area contributed by atoms with Gasteiger partial charge in [0.05, 0.1) is 0 Å². The Morgan fingerprint density at radius 1 is 0.313 bits per heavy atom. The molecule has 0 aromatic rings. The van der Waals surface area contributed by atoms with E-state index >= 15 is 0 Å². The lowest BCUT2D eigenvalue weighted by atomic mass is 10.0. The monoisotopic (exact) mass is 937 g/mol. The summed E-state index contributed by atoms with van der Waals surface area (Å²) in [4.78, 5) is 37.8. The minimum atomic E-state index is -0.768. The maximum Gasteiger partial charge on any atom is 0.306 e. The summed E-state index contributed by atoms with van der Waals surface area (Å²) in [6.45, 7) is 6.47. The van der Waals surface area contributed by atoms with E-state index in [0.717, 1.165) is 96.3 Å². The van der Waals surface area contributed by atoms with Crippen molar-refractivity contribution in [3.63, 3.8) is 0 Å². The fourth-order valence-corrected chi connectivity index (χ4v) is 8.24. The van der Waals surface area contributed by atoms with Crippen LogP contribution in [0.4, 0.5) is 0 Å². The average molecular weight is 938 g/mol. The van der Waals surface area contributed by atoms with Crippen molar-refractivity contribution < 1.29 is 28.6 Å². The summed E-state index contributed by atoms with van der Waals surface area (Å²) >= 11 is 0. The zero-order chi connectivity index (χ0) is 48.6. The van der Waals surface area contributed by atoms with Crippen LogP contribution in [0.25, 0.3) is 0 Å². The summed E-state index contributed by atoms with van der Waals surface area (Å²) in [7, 11) is 0. The highest BCUT2D eigenvalue weighted by Gasteiger charge is 2.19. The molecule has 67 heavy (non-hydrogen) atoms. The van der Waals surface area contributed by atoms with E-state index in [1.54, 1.807) is 0 Å². The molecule has 1 atom stereocenters. The molecule has 0 aromatic heterocycles. The average Bonchev–Trinajstić information content (AvgIpc) is 3.33. The van der Waals surface area contributed by atoms with Crippen molar-refractivity contribution in [2.24, 2.45) is 0 Å². The van der Waals surface area contributed by atoms with Crippen LogP contribution in [-0.4, -0.2) is 37.2 Å². The molecule has 6 heteroatoms. The molecule has 0 aliphatic carbocycles. The Hall–Kier alpha value is -2.89. The zero-order valence-electron chi connectivity index (χ0n) is 44.4. The molecule has 0 fully saturated rings. The van der Waals surface area contributed by atoms with E-state index in [1.807, 2.05) is 0 Å². The summed E-state index contributed by atoms with van der Waals surface area (Å²) in [6.07, 6.45) is 69.7. The zero-order valence-corrected chi connectivity index (χ0v) is 44.4. The lowest BCUT2D eigenvalue weighted by Crippen LogP contribution is -2.30. The van der Waals surface area contributed by atoms with E-state index in [-0.39, 0.29) is 31.1 Å². The predicted molar refractivity (Wildman–Crippen MR) is 288 cm³/mol. The van der Waals surface area contributed by atoms with Gasteiger partial charge in [0.25, 0.3) is 0 Å². The van der Waals surface area contributed by atoms with E-state index in [2.05, 4.69) is 81.5 Å². The van der Waals surface area contributed by atoms with Crippen LogP contribution in [-0.2, 0) is 28.6 Å². The maximum absolute atomic E-state index is 12.8. The van der Waals surface area contributed by atoms with E-state index in [4.69, 9.17) is 14.2 Å². The minimum absolute atomic E-state index is 0.0725. The Balaban J connectivity index is 4.05. The highest BCUT2D eigenvalue weighted by Crippen LogP contribution is 2.16. The third-order valence-corrected chi connectivity index (χ3v) is 12.5. The number of unbranched alkanes of at least 4 members (excludes halogenated alkanes) is 31. The summed E-state index contributed by atoms with van der Waals surface area (Å²) in [5.74, 6) is -0.877. The lowest BCUT2D eigenvalue weighted by Gasteiger charge is -2.18. The Kier molecular flexibility index (Phi) is 53.3. The molecule has 6 nitrogen and oxygen atoms in total. The van der Waals surface area contributed by atoms with Crippen molar-refractivity contribution in [2.75, 3.05) is 13.2 Å². The second-order valence-corrected chi connectivity index (χ2v) is 19.2. The van der Waals surface area contributed by atoms with Gasteiger partial charge in [-0.2, -0.15) is 0 Å². The standard InChI is InChI=1S/C61H108O6/c1-4-7-10-13-15-17-19-21-23-25-26-27-28-29-30-31-32-33-34-36-37-39-41-43-45-48-51-54-60(63)66-57-58(56-65-59(62)53-50-47-12-9-6-3)67-61(64)55-52-49-46-44-42-40-38-35-24-22-20-18-16-14-11-8-5-2/h7,10,15,17,21,23,26-27,29-30,58H,4-6,8-9,11-14,16,18-20,22,24-25,28,31-57H2,1-3H3/b10-7-,17-15-,23-21-,27-26-,30-29-. The van der Waals surface area contributed by atoms with E-state index < -0.39 is 6.10 Å². The molecule has 0 heterocycles. The van der Waals surface area contributed by atoms with Crippen LogP contribution in [0.3, 0.4) is 0 Å². The van der Waals surface area contributed by atoms with Gasteiger partial charge in [0.2, 0.25) is 0 Å². The van der Waals surface area contributed by atoms with Crippen LogP contribution in [0, 0.1) is 0 Å². The fraction of sp³-hybridized carbons (Fsp3) is 0.787. The quantitative estimate of drug-likeness (QED) is 0.0262. The van der Waals surface area contributed by atoms with Crippen molar-refractivity contribution in [1.29, 1.82) is 0 Å². The summed E-state index contributed by atoms with van der Waals surface area (Å²) in [6, 6.07) is 0. The number of hydrogen-bond acceptors (Lipinski definition) is 6. The van der Waals surface area contributed by atoms with E-state index in [9.17, 15) is 14.4 Å². The first-order valence-corrected chi connectivity index (χ1v) is 28.8. The number of rotatable bonds is 52. The van der Waals surface area contributed by atoms with Gasteiger partial charge in [-0.1, -0.05) is 268 Å². The molecule has 0 aliphatic heterocycles. The van der Waals surface area contributed by atoms with E-state index in [0.29, 0.717) is 19.3 Å². The Bertz CT molecular complexity index is 1210. The predicted octanol–water partition coefficient (Wildman–Crippen LogP) is 19.2. The first-order chi connectivity index (χ1) is 33.0. The van der Waals surface area contributed by atoms with Crippen molar-refractivity contribution in [3.05, 3.63) is 60.8 Å². The Labute approximate surface area is 415 Å². The number of allylic oxidation sites excluding steroid dienone is 10. The van der Waals surface area contributed by atoms with Gasteiger partial charge in [-0.15, -0.1) is 0 Å². The van der Waals surface area contributed by atoms with Gasteiger partial charge < -0.3 is 14.2 Å². The number of esters is 3.